The SMILES string of the molecule is Cc1nc(C(=O)N2CCOCC23CCC3)nn1-c1n[nH]c(C(F)(F)F)n1. The number of H-pyrrole nitrogens is 1. The molecule has 2 fully saturated rings. The average Bonchev–Trinajstić information content (AvgIpc) is 3.19. The van der Waals surface area contributed by atoms with Gasteiger partial charge in [0.25, 0.3) is 11.9 Å². The van der Waals surface area contributed by atoms with E-state index in [2.05, 4.69) is 20.2 Å². The van der Waals surface area contributed by atoms with E-state index >= 15 is 0 Å². The molecule has 1 amide bonds. The van der Waals surface area contributed by atoms with Crippen LogP contribution in [0, 0.1) is 6.92 Å². The Kier molecular flexibility index (Phi) is 3.75. The minimum absolute atomic E-state index is 0.0889. The van der Waals surface area contributed by atoms with E-state index in [1.807, 2.05) is 5.10 Å². The van der Waals surface area contributed by atoms with E-state index in [0.717, 1.165) is 23.9 Å². The molecule has 140 valence electrons. The van der Waals surface area contributed by atoms with Crippen molar-refractivity contribution in [3.8, 4) is 5.95 Å². The van der Waals surface area contributed by atoms with E-state index in [4.69, 9.17) is 4.74 Å². The van der Waals surface area contributed by atoms with Crippen molar-refractivity contribution >= 4 is 5.91 Å². The third-order valence-electron chi connectivity index (χ3n) is 4.82. The van der Waals surface area contributed by atoms with Gasteiger partial charge in [0.15, 0.2) is 0 Å². The zero-order chi connectivity index (χ0) is 18.5. The molecular weight excluding hydrogens is 355 g/mol. The summed E-state index contributed by atoms with van der Waals surface area (Å²) in [4.78, 5) is 22.1. The number of aromatic amines is 1. The summed E-state index contributed by atoms with van der Waals surface area (Å²) in [5.74, 6) is -1.79. The number of carbonyl (C=O) groups excluding carboxylic acids is 1. The minimum atomic E-state index is -4.65. The minimum Gasteiger partial charge on any atom is -0.377 e. The van der Waals surface area contributed by atoms with Gasteiger partial charge in [-0.1, -0.05) is 0 Å². The lowest BCUT2D eigenvalue weighted by Crippen LogP contribution is -2.62. The number of nitrogens with one attached hydrogen (secondary N) is 1. The first kappa shape index (κ1) is 16.9. The lowest BCUT2D eigenvalue weighted by molar-refractivity contribution is -0.144. The molecule has 2 aliphatic rings. The molecule has 0 atom stereocenters. The van der Waals surface area contributed by atoms with Crippen LogP contribution in [0.1, 0.15) is 41.5 Å². The van der Waals surface area contributed by atoms with E-state index in [1.54, 1.807) is 4.90 Å². The molecule has 26 heavy (non-hydrogen) atoms. The summed E-state index contributed by atoms with van der Waals surface area (Å²) in [6, 6.07) is 0. The summed E-state index contributed by atoms with van der Waals surface area (Å²) in [5, 5.41) is 9.37. The predicted molar refractivity (Wildman–Crippen MR) is 79.5 cm³/mol. The summed E-state index contributed by atoms with van der Waals surface area (Å²) in [7, 11) is 0. The Morgan fingerprint density at radius 3 is 2.69 bits per heavy atom. The third kappa shape index (κ3) is 2.64. The first-order valence-corrected chi connectivity index (χ1v) is 8.13. The highest BCUT2D eigenvalue weighted by molar-refractivity contribution is 5.91. The fraction of sp³-hybridized carbons (Fsp3) is 0.643. The largest absolute Gasteiger partial charge is 0.451 e. The van der Waals surface area contributed by atoms with E-state index in [1.165, 1.54) is 6.92 Å². The van der Waals surface area contributed by atoms with Crippen molar-refractivity contribution in [2.75, 3.05) is 19.8 Å². The maximum absolute atomic E-state index is 12.9. The van der Waals surface area contributed by atoms with Gasteiger partial charge in [-0.15, -0.1) is 10.2 Å². The number of rotatable bonds is 2. The zero-order valence-corrected chi connectivity index (χ0v) is 13.9. The lowest BCUT2D eigenvalue weighted by atomic mass is 9.75. The van der Waals surface area contributed by atoms with Crippen LogP contribution in [0.3, 0.4) is 0 Å². The van der Waals surface area contributed by atoms with Gasteiger partial charge in [-0.3, -0.25) is 9.89 Å². The van der Waals surface area contributed by atoms with Crippen molar-refractivity contribution < 1.29 is 22.7 Å². The summed E-state index contributed by atoms with van der Waals surface area (Å²) in [6.07, 6.45) is -1.92. The summed E-state index contributed by atoms with van der Waals surface area (Å²) in [5.41, 5.74) is -0.317. The Hall–Kier alpha value is -2.50. The molecule has 2 aromatic rings. The maximum Gasteiger partial charge on any atom is 0.451 e. The highest BCUT2D eigenvalue weighted by Gasteiger charge is 2.48. The molecule has 1 aliphatic carbocycles. The van der Waals surface area contributed by atoms with Gasteiger partial charge in [0, 0.05) is 6.54 Å². The van der Waals surface area contributed by atoms with Crippen molar-refractivity contribution in [1.82, 2.24) is 34.8 Å². The smallest absolute Gasteiger partial charge is 0.377 e. The normalized spacial score (nSPS) is 19.6. The van der Waals surface area contributed by atoms with Crippen molar-refractivity contribution in [1.29, 1.82) is 0 Å². The van der Waals surface area contributed by atoms with Crippen LogP contribution in [0.25, 0.3) is 5.95 Å². The van der Waals surface area contributed by atoms with Gasteiger partial charge in [0.2, 0.25) is 11.6 Å². The van der Waals surface area contributed by atoms with Gasteiger partial charge in [0.05, 0.1) is 18.8 Å². The van der Waals surface area contributed by atoms with Gasteiger partial charge in [-0.25, -0.2) is 4.98 Å². The molecule has 0 bridgehead atoms. The number of carbonyl (C=O) groups is 1. The number of amides is 1. The lowest BCUT2D eigenvalue weighted by Gasteiger charge is -2.52. The number of hydrogen-bond acceptors (Lipinski definition) is 6. The van der Waals surface area contributed by atoms with E-state index in [9.17, 15) is 18.0 Å². The van der Waals surface area contributed by atoms with E-state index in [0.29, 0.717) is 19.8 Å². The number of nitrogens with zero attached hydrogens (tertiary/aromatic N) is 6. The molecule has 12 heteroatoms. The van der Waals surface area contributed by atoms with Crippen molar-refractivity contribution in [3.63, 3.8) is 0 Å². The molecule has 9 nitrogen and oxygen atoms in total. The molecule has 2 aromatic heterocycles. The second kappa shape index (κ2) is 5.76. The molecule has 3 heterocycles. The van der Waals surface area contributed by atoms with E-state index in [-0.39, 0.29) is 29.0 Å². The highest BCUT2D eigenvalue weighted by Crippen LogP contribution is 2.40. The Balaban J connectivity index is 1.62. The molecule has 0 radical (unpaired) electrons. The molecule has 1 spiro atoms. The van der Waals surface area contributed by atoms with Gasteiger partial charge in [0.1, 0.15) is 5.82 Å². The predicted octanol–water partition coefficient (Wildman–Crippen LogP) is 1.11. The fourth-order valence-electron chi connectivity index (χ4n) is 3.31. The Labute approximate surface area is 145 Å². The number of hydrogen-bond donors (Lipinski definition) is 1. The van der Waals surface area contributed by atoms with Crippen molar-refractivity contribution in [2.45, 2.75) is 37.9 Å². The number of ether oxygens (including phenoxy) is 1. The van der Waals surface area contributed by atoms with Gasteiger partial charge in [-0.05, 0) is 26.2 Å². The fourth-order valence-corrected chi connectivity index (χ4v) is 3.31. The van der Waals surface area contributed by atoms with Crippen LogP contribution >= 0.6 is 0 Å². The first-order valence-electron chi connectivity index (χ1n) is 8.13. The second-order valence-electron chi connectivity index (χ2n) is 6.46. The molecule has 1 saturated carbocycles. The number of halogens is 3. The second-order valence-corrected chi connectivity index (χ2v) is 6.46. The van der Waals surface area contributed by atoms with Crippen LogP contribution in [0.4, 0.5) is 13.2 Å². The Morgan fingerprint density at radius 2 is 2.08 bits per heavy atom. The van der Waals surface area contributed by atoms with Crippen LogP contribution < -0.4 is 0 Å². The van der Waals surface area contributed by atoms with E-state index < -0.39 is 12.0 Å². The Bertz CT molecular complexity index is 840. The van der Waals surface area contributed by atoms with Crippen LogP contribution in [0.15, 0.2) is 0 Å². The van der Waals surface area contributed by atoms with Gasteiger partial charge >= 0.3 is 6.18 Å². The molecule has 1 aliphatic heterocycles. The molecule has 4 rings (SSSR count). The summed E-state index contributed by atoms with van der Waals surface area (Å²) in [6.45, 7) is 2.87. The first-order chi connectivity index (χ1) is 12.3. The number of alkyl halides is 3. The summed E-state index contributed by atoms with van der Waals surface area (Å²) >= 11 is 0. The monoisotopic (exact) mass is 371 g/mol. The molecule has 0 aromatic carbocycles. The quantitative estimate of drug-likeness (QED) is 0.849. The van der Waals surface area contributed by atoms with Crippen LogP contribution in [-0.2, 0) is 10.9 Å². The highest BCUT2D eigenvalue weighted by atomic mass is 19.4. The molecule has 0 unspecified atom stereocenters. The van der Waals surface area contributed by atoms with Crippen molar-refractivity contribution in [2.24, 2.45) is 0 Å². The average molecular weight is 371 g/mol. The molecule has 1 saturated heterocycles. The topological polar surface area (TPSA) is 102 Å². The number of morpholine rings is 1. The molecule has 1 N–H and O–H groups in total. The van der Waals surface area contributed by atoms with Crippen LogP contribution in [-0.4, -0.2) is 66.1 Å². The van der Waals surface area contributed by atoms with Gasteiger partial charge in [-0.2, -0.15) is 22.8 Å². The van der Waals surface area contributed by atoms with Gasteiger partial charge < -0.3 is 9.64 Å². The van der Waals surface area contributed by atoms with Crippen LogP contribution in [0.5, 0.6) is 0 Å². The maximum atomic E-state index is 12.9. The third-order valence-corrected chi connectivity index (χ3v) is 4.82. The Morgan fingerprint density at radius 1 is 1.31 bits per heavy atom. The zero-order valence-electron chi connectivity index (χ0n) is 13.9. The summed E-state index contributed by atoms with van der Waals surface area (Å²) < 4.78 is 44.5. The standard InChI is InChI=1S/C14H16F3N7O2/c1-8-18-9(10(25)23-5-6-26-7-13(23)3-2-4-13)22-24(8)12-19-11(20-21-12)14(15,16)17/h2-7H2,1H3,(H,19,20,21). The molecular formula is C14H16F3N7O2. The van der Waals surface area contributed by atoms with Crippen molar-refractivity contribution in [3.05, 3.63) is 17.5 Å². The van der Waals surface area contributed by atoms with Crippen LogP contribution in [0.2, 0.25) is 0 Å². The number of aryl methyl sites for hydroxylation is 1. The number of aromatic nitrogens is 6.